The van der Waals surface area contributed by atoms with E-state index in [1.165, 1.54) is 0 Å². The third-order valence-corrected chi connectivity index (χ3v) is 2.13. The van der Waals surface area contributed by atoms with Crippen LogP contribution in [-0.4, -0.2) is 15.3 Å². The van der Waals surface area contributed by atoms with E-state index in [9.17, 15) is 4.79 Å². The number of anilines is 1. The van der Waals surface area contributed by atoms with Gasteiger partial charge in [0, 0.05) is 18.8 Å². The SMILES string of the molecule is Cn1cc(N)nc1C(=O)c1ccccc1. The lowest BCUT2D eigenvalue weighted by molar-refractivity contribution is 0.102. The summed E-state index contributed by atoms with van der Waals surface area (Å²) in [6.07, 6.45) is 1.62. The molecule has 76 valence electrons. The van der Waals surface area contributed by atoms with Crippen LogP contribution in [0.15, 0.2) is 36.5 Å². The molecule has 0 spiro atoms. The van der Waals surface area contributed by atoms with Crippen LogP contribution in [-0.2, 0) is 7.05 Å². The number of carbonyl (C=O) groups excluding carboxylic acids is 1. The molecule has 0 saturated carbocycles. The molecule has 0 atom stereocenters. The molecule has 2 N–H and O–H groups in total. The minimum atomic E-state index is -0.116. The number of aromatic nitrogens is 2. The van der Waals surface area contributed by atoms with E-state index in [1.807, 2.05) is 18.2 Å². The number of imidazole rings is 1. The lowest BCUT2D eigenvalue weighted by Gasteiger charge is -1.99. The van der Waals surface area contributed by atoms with E-state index >= 15 is 0 Å². The summed E-state index contributed by atoms with van der Waals surface area (Å²) in [5.41, 5.74) is 6.13. The van der Waals surface area contributed by atoms with E-state index < -0.39 is 0 Å². The maximum absolute atomic E-state index is 11.9. The van der Waals surface area contributed by atoms with E-state index in [4.69, 9.17) is 5.73 Å². The highest BCUT2D eigenvalue weighted by molar-refractivity contribution is 6.06. The number of nitrogens with two attached hydrogens (primary N) is 1. The van der Waals surface area contributed by atoms with Crippen molar-refractivity contribution < 1.29 is 4.79 Å². The Hall–Kier alpha value is -2.10. The molecule has 1 aromatic carbocycles. The average molecular weight is 201 g/mol. The van der Waals surface area contributed by atoms with Crippen molar-refractivity contribution in [1.82, 2.24) is 9.55 Å². The van der Waals surface area contributed by atoms with Crippen LogP contribution in [0.5, 0.6) is 0 Å². The number of nitrogen functional groups attached to an aromatic ring is 1. The highest BCUT2D eigenvalue weighted by Crippen LogP contribution is 2.09. The van der Waals surface area contributed by atoms with Crippen molar-refractivity contribution >= 4 is 11.6 Å². The summed E-state index contributed by atoms with van der Waals surface area (Å²) in [7, 11) is 1.75. The Bertz CT molecular complexity index is 488. The zero-order valence-electron chi connectivity index (χ0n) is 8.34. The molecule has 0 amide bonds. The second-order valence-corrected chi connectivity index (χ2v) is 3.30. The highest BCUT2D eigenvalue weighted by Gasteiger charge is 2.14. The van der Waals surface area contributed by atoms with Crippen LogP contribution in [0.2, 0.25) is 0 Å². The number of nitrogens with zero attached hydrogens (tertiary/aromatic N) is 2. The maximum atomic E-state index is 11.9. The number of benzene rings is 1. The molecule has 0 aliphatic rings. The first-order valence-corrected chi connectivity index (χ1v) is 4.57. The summed E-state index contributed by atoms with van der Waals surface area (Å²) in [4.78, 5) is 15.9. The Labute approximate surface area is 87.4 Å². The average Bonchev–Trinajstić information content (AvgIpc) is 2.58. The summed E-state index contributed by atoms with van der Waals surface area (Å²) in [5.74, 6) is 0.602. The van der Waals surface area contributed by atoms with Gasteiger partial charge in [0.2, 0.25) is 5.78 Å². The van der Waals surface area contributed by atoms with Crippen LogP contribution < -0.4 is 5.73 Å². The van der Waals surface area contributed by atoms with Gasteiger partial charge in [-0.3, -0.25) is 4.79 Å². The lowest BCUT2D eigenvalue weighted by atomic mass is 10.1. The first kappa shape index (κ1) is 9.45. The molecule has 0 bridgehead atoms. The van der Waals surface area contributed by atoms with Crippen molar-refractivity contribution in [1.29, 1.82) is 0 Å². The first-order chi connectivity index (χ1) is 7.18. The number of hydrogen-bond acceptors (Lipinski definition) is 3. The normalized spacial score (nSPS) is 10.2. The number of ketones is 1. The van der Waals surface area contributed by atoms with Gasteiger partial charge in [0.25, 0.3) is 0 Å². The summed E-state index contributed by atoms with van der Waals surface area (Å²) < 4.78 is 1.63. The molecule has 1 aromatic heterocycles. The molecular formula is C11H11N3O. The van der Waals surface area contributed by atoms with Gasteiger partial charge in [-0.2, -0.15) is 0 Å². The third kappa shape index (κ3) is 1.74. The van der Waals surface area contributed by atoms with Crippen molar-refractivity contribution in [2.24, 2.45) is 7.05 Å². The van der Waals surface area contributed by atoms with Crippen LogP contribution in [0.25, 0.3) is 0 Å². The third-order valence-electron chi connectivity index (χ3n) is 2.13. The molecule has 0 aliphatic heterocycles. The van der Waals surface area contributed by atoms with Gasteiger partial charge in [-0.05, 0) is 0 Å². The van der Waals surface area contributed by atoms with Gasteiger partial charge in [-0.1, -0.05) is 30.3 Å². The van der Waals surface area contributed by atoms with E-state index in [-0.39, 0.29) is 5.78 Å². The van der Waals surface area contributed by atoms with Crippen molar-refractivity contribution in [3.8, 4) is 0 Å². The summed E-state index contributed by atoms with van der Waals surface area (Å²) in [5, 5.41) is 0. The van der Waals surface area contributed by atoms with Gasteiger partial charge in [0.15, 0.2) is 5.82 Å². The topological polar surface area (TPSA) is 60.9 Å². The first-order valence-electron chi connectivity index (χ1n) is 4.57. The van der Waals surface area contributed by atoms with Crippen molar-refractivity contribution in [3.63, 3.8) is 0 Å². The fourth-order valence-electron chi connectivity index (χ4n) is 1.42. The van der Waals surface area contributed by atoms with Crippen molar-refractivity contribution in [2.45, 2.75) is 0 Å². The predicted octanol–water partition coefficient (Wildman–Crippen LogP) is 1.23. The van der Waals surface area contributed by atoms with Crippen molar-refractivity contribution in [2.75, 3.05) is 5.73 Å². The van der Waals surface area contributed by atoms with E-state index in [0.717, 1.165) is 0 Å². The molecular weight excluding hydrogens is 190 g/mol. The standard InChI is InChI=1S/C11H11N3O/c1-14-7-9(12)13-11(14)10(15)8-5-3-2-4-6-8/h2-7H,12H2,1H3. The number of carbonyl (C=O) groups is 1. The molecule has 15 heavy (non-hydrogen) atoms. The number of hydrogen-bond donors (Lipinski definition) is 1. The zero-order chi connectivity index (χ0) is 10.8. The summed E-state index contributed by atoms with van der Waals surface area (Å²) >= 11 is 0. The highest BCUT2D eigenvalue weighted by atomic mass is 16.1. The van der Waals surface area contributed by atoms with Crippen LogP contribution in [0, 0.1) is 0 Å². The molecule has 4 nitrogen and oxygen atoms in total. The number of rotatable bonds is 2. The molecule has 1 heterocycles. The Balaban J connectivity index is 2.41. The van der Waals surface area contributed by atoms with Crippen LogP contribution >= 0.6 is 0 Å². The monoisotopic (exact) mass is 201 g/mol. The Morgan fingerprint density at radius 3 is 2.53 bits per heavy atom. The van der Waals surface area contributed by atoms with Crippen LogP contribution in [0.1, 0.15) is 16.2 Å². The Morgan fingerprint density at radius 1 is 1.33 bits per heavy atom. The van der Waals surface area contributed by atoms with E-state index in [1.54, 1.807) is 29.9 Å². The van der Waals surface area contributed by atoms with Gasteiger partial charge in [-0.15, -0.1) is 0 Å². The maximum Gasteiger partial charge on any atom is 0.228 e. The van der Waals surface area contributed by atoms with Gasteiger partial charge < -0.3 is 10.3 Å². The van der Waals surface area contributed by atoms with Gasteiger partial charge in [-0.25, -0.2) is 4.98 Å². The minimum Gasteiger partial charge on any atom is -0.382 e. The van der Waals surface area contributed by atoms with Gasteiger partial charge in [0.05, 0.1) is 0 Å². The van der Waals surface area contributed by atoms with Crippen LogP contribution in [0.3, 0.4) is 0 Å². The Kier molecular flexibility index (Phi) is 2.25. The fraction of sp³-hybridized carbons (Fsp3) is 0.0909. The second-order valence-electron chi connectivity index (χ2n) is 3.30. The minimum absolute atomic E-state index is 0.116. The molecule has 4 heteroatoms. The quantitative estimate of drug-likeness (QED) is 0.743. The smallest absolute Gasteiger partial charge is 0.228 e. The van der Waals surface area contributed by atoms with E-state index in [2.05, 4.69) is 4.98 Å². The summed E-state index contributed by atoms with van der Waals surface area (Å²) in [6.45, 7) is 0. The largest absolute Gasteiger partial charge is 0.382 e. The lowest BCUT2D eigenvalue weighted by Crippen LogP contribution is -2.08. The van der Waals surface area contributed by atoms with E-state index in [0.29, 0.717) is 17.2 Å². The second kappa shape index (κ2) is 3.57. The van der Waals surface area contributed by atoms with Gasteiger partial charge >= 0.3 is 0 Å². The summed E-state index contributed by atoms with van der Waals surface area (Å²) in [6, 6.07) is 9.02. The molecule has 0 unspecified atom stereocenters. The van der Waals surface area contributed by atoms with Crippen LogP contribution in [0.4, 0.5) is 5.82 Å². The molecule has 2 rings (SSSR count). The molecule has 0 aliphatic carbocycles. The molecule has 0 saturated heterocycles. The predicted molar refractivity (Wildman–Crippen MR) is 57.5 cm³/mol. The number of aryl methyl sites for hydroxylation is 1. The Morgan fingerprint density at radius 2 is 2.00 bits per heavy atom. The van der Waals surface area contributed by atoms with Crippen molar-refractivity contribution in [3.05, 3.63) is 47.9 Å². The molecule has 2 aromatic rings. The molecule has 0 radical (unpaired) electrons. The van der Waals surface area contributed by atoms with Gasteiger partial charge in [0.1, 0.15) is 5.82 Å². The zero-order valence-corrected chi connectivity index (χ0v) is 8.34. The molecule has 0 fully saturated rings. The fourth-order valence-corrected chi connectivity index (χ4v) is 1.42.